The lowest BCUT2D eigenvalue weighted by molar-refractivity contribution is -0.123. The summed E-state index contributed by atoms with van der Waals surface area (Å²) in [4.78, 5) is 32.8. The Kier molecular flexibility index (Phi) is 5.99. The number of amides is 2. The first kappa shape index (κ1) is 20.9. The van der Waals surface area contributed by atoms with E-state index in [1.54, 1.807) is 34.6 Å². The van der Waals surface area contributed by atoms with Gasteiger partial charge in [-0.3, -0.25) is 14.6 Å². The summed E-state index contributed by atoms with van der Waals surface area (Å²) in [6.45, 7) is 7.28. The first-order valence-electron chi connectivity index (χ1n) is 8.86. The number of anilines is 2. The van der Waals surface area contributed by atoms with Crippen LogP contribution in [0, 0.1) is 12.3 Å². The molecule has 3 rings (SSSR count). The number of carbonyl (C=O) groups is 2. The molecule has 29 heavy (non-hydrogen) atoms. The molecule has 3 aromatic heterocycles. The summed E-state index contributed by atoms with van der Waals surface area (Å²) >= 11 is 7.55. The zero-order chi connectivity index (χ0) is 21.2. The van der Waals surface area contributed by atoms with Gasteiger partial charge in [-0.1, -0.05) is 32.4 Å². The van der Waals surface area contributed by atoms with Crippen LogP contribution in [0.4, 0.5) is 10.9 Å². The Labute approximate surface area is 177 Å². The molecule has 0 saturated carbocycles. The number of pyridine rings is 1. The van der Waals surface area contributed by atoms with E-state index in [0.717, 1.165) is 0 Å². The molecule has 0 aromatic carbocycles. The van der Waals surface area contributed by atoms with Crippen molar-refractivity contribution in [2.24, 2.45) is 5.41 Å². The average molecular weight is 433 g/mol. The Morgan fingerprint density at radius 1 is 1.24 bits per heavy atom. The molecular formula is C19H21ClN6O2S. The highest BCUT2D eigenvalue weighted by Crippen LogP contribution is 2.23. The summed E-state index contributed by atoms with van der Waals surface area (Å²) in [6.07, 6.45) is 3.43. The van der Waals surface area contributed by atoms with Gasteiger partial charge in [-0.05, 0) is 13.0 Å². The minimum atomic E-state index is -0.516. The average Bonchev–Trinajstić information content (AvgIpc) is 3.26. The van der Waals surface area contributed by atoms with Crippen LogP contribution in [-0.4, -0.2) is 31.6 Å². The van der Waals surface area contributed by atoms with Gasteiger partial charge >= 0.3 is 0 Å². The van der Waals surface area contributed by atoms with E-state index in [-0.39, 0.29) is 18.2 Å². The molecule has 0 spiro atoms. The van der Waals surface area contributed by atoms with Crippen molar-refractivity contribution < 1.29 is 9.59 Å². The van der Waals surface area contributed by atoms with Gasteiger partial charge in [0.15, 0.2) is 10.9 Å². The maximum absolute atomic E-state index is 12.3. The Morgan fingerprint density at radius 2 is 2.00 bits per heavy atom. The van der Waals surface area contributed by atoms with Crippen LogP contribution in [0.5, 0.6) is 0 Å². The van der Waals surface area contributed by atoms with Crippen LogP contribution in [0.3, 0.4) is 0 Å². The third-order valence-corrected chi connectivity index (χ3v) is 5.22. The smallest absolute Gasteiger partial charge is 0.231 e. The van der Waals surface area contributed by atoms with Crippen LogP contribution in [0.1, 0.15) is 32.2 Å². The molecule has 152 valence electrons. The van der Waals surface area contributed by atoms with Gasteiger partial charge in [-0.2, -0.15) is 5.10 Å². The maximum atomic E-state index is 12.3. The minimum Gasteiger partial charge on any atom is -0.309 e. The molecular weight excluding hydrogens is 412 g/mol. The van der Waals surface area contributed by atoms with Crippen molar-refractivity contribution >= 4 is 45.7 Å². The van der Waals surface area contributed by atoms with Crippen LogP contribution in [-0.2, 0) is 16.0 Å². The molecule has 0 aliphatic carbocycles. The van der Waals surface area contributed by atoms with E-state index in [0.29, 0.717) is 33.0 Å². The van der Waals surface area contributed by atoms with Gasteiger partial charge in [0.1, 0.15) is 0 Å². The first-order valence-corrected chi connectivity index (χ1v) is 10.1. The normalized spacial score (nSPS) is 11.3. The van der Waals surface area contributed by atoms with Gasteiger partial charge in [-0.15, -0.1) is 11.3 Å². The lowest BCUT2D eigenvalue weighted by atomic mass is 9.96. The van der Waals surface area contributed by atoms with Gasteiger partial charge in [0.2, 0.25) is 11.8 Å². The van der Waals surface area contributed by atoms with Crippen molar-refractivity contribution in [1.82, 2.24) is 19.7 Å². The molecule has 0 atom stereocenters. The number of halogens is 1. The molecule has 0 radical (unpaired) electrons. The van der Waals surface area contributed by atoms with Crippen LogP contribution >= 0.6 is 22.9 Å². The Bertz CT molecular complexity index is 1050. The summed E-state index contributed by atoms with van der Waals surface area (Å²) in [6, 6.07) is 3.43. The predicted octanol–water partition coefficient (Wildman–Crippen LogP) is 3.85. The van der Waals surface area contributed by atoms with E-state index in [1.807, 2.05) is 27.7 Å². The van der Waals surface area contributed by atoms with E-state index in [2.05, 4.69) is 25.7 Å². The van der Waals surface area contributed by atoms with Gasteiger partial charge < -0.3 is 10.6 Å². The number of carbonyl (C=O) groups excluding carboxylic acids is 2. The molecule has 2 amide bonds. The van der Waals surface area contributed by atoms with E-state index in [1.165, 1.54) is 11.3 Å². The highest BCUT2D eigenvalue weighted by atomic mass is 35.5. The number of aromatic nitrogens is 4. The second kappa shape index (κ2) is 8.30. The third-order valence-electron chi connectivity index (χ3n) is 3.94. The quantitative estimate of drug-likeness (QED) is 0.637. The monoisotopic (exact) mass is 432 g/mol. The van der Waals surface area contributed by atoms with E-state index >= 15 is 0 Å². The topological polar surface area (TPSA) is 102 Å². The summed E-state index contributed by atoms with van der Waals surface area (Å²) in [7, 11) is 0. The van der Waals surface area contributed by atoms with Crippen LogP contribution in [0.15, 0.2) is 29.9 Å². The van der Waals surface area contributed by atoms with E-state index in [9.17, 15) is 9.59 Å². The predicted molar refractivity (Wildman–Crippen MR) is 114 cm³/mol. The van der Waals surface area contributed by atoms with Crippen LogP contribution in [0.25, 0.3) is 5.69 Å². The second-order valence-corrected chi connectivity index (χ2v) is 8.68. The molecule has 2 N–H and O–H groups in total. The molecule has 10 heteroatoms. The second-order valence-electron chi connectivity index (χ2n) is 7.45. The van der Waals surface area contributed by atoms with Crippen molar-refractivity contribution in [3.63, 3.8) is 0 Å². The van der Waals surface area contributed by atoms with Crippen molar-refractivity contribution in [3.8, 4) is 5.69 Å². The fourth-order valence-corrected chi connectivity index (χ4v) is 3.22. The largest absolute Gasteiger partial charge is 0.309 e. The molecule has 3 heterocycles. The number of hydrogen-bond acceptors (Lipinski definition) is 6. The summed E-state index contributed by atoms with van der Waals surface area (Å²) in [5.41, 5.74) is 1.43. The van der Waals surface area contributed by atoms with Crippen LogP contribution in [0.2, 0.25) is 5.02 Å². The molecule has 3 aromatic rings. The zero-order valence-corrected chi connectivity index (χ0v) is 18.1. The molecule has 0 aliphatic rings. The highest BCUT2D eigenvalue weighted by Gasteiger charge is 2.22. The molecule has 0 bridgehead atoms. The number of hydrogen-bond donors (Lipinski definition) is 2. The highest BCUT2D eigenvalue weighted by molar-refractivity contribution is 7.13. The van der Waals surface area contributed by atoms with Crippen LogP contribution < -0.4 is 10.6 Å². The molecule has 0 fully saturated rings. The van der Waals surface area contributed by atoms with Gasteiger partial charge in [0, 0.05) is 29.3 Å². The fraction of sp³-hybridized carbons (Fsp3) is 0.316. The number of nitrogens with one attached hydrogen (secondary N) is 2. The van der Waals surface area contributed by atoms with Crippen molar-refractivity contribution in [2.75, 3.05) is 10.6 Å². The fourth-order valence-electron chi connectivity index (χ4n) is 2.32. The Morgan fingerprint density at radius 3 is 2.72 bits per heavy atom. The number of aryl methyl sites for hydroxylation is 1. The third kappa shape index (κ3) is 5.18. The molecule has 0 aliphatic heterocycles. The van der Waals surface area contributed by atoms with Gasteiger partial charge in [0.05, 0.1) is 28.5 Å². The lowest BCUT2D eigenvalue weighted by Gasteiger charge is -2.15. The molecule has 0 saturated heterocycles. The van der Waals surface area contributed by atoms with Gasteiger partial charge in [0.25, 0.3) is 0 Å². The summed E-state index contributed by atoms with van der Waals surface area (Å²) in [5.74, 6) is 0.0154. The van der Waals surface area contributed by atoms with Crippen molar-refractivity contribution in [1.29, 1.82) is 0 Å². The lowest BCUT2D eigenvalue weighted by Crippen LogP contribution is -2.27. The zero-order valence-electron chi connectivity index (χ0n) is 16.5. The number of rotatable bonds is 5. The summed E-state index contributed by atoms with van der Waals surface area (Å²) < 4.78 is 1.58. The van der Waals surface area contributed by atoms with E-state index in [4.69, 9.17) is 11.6 Å². The molecule has 0 unspecified atom stereocenters. The minimum absolute atomic E-state index is 0.0733. The number of nitrogens with zero attached hydrogens (tertiary/aromatic N) is 4. The van der Waals surface area contributed by atoms with Crippen molar-refractivity contribution in [2.45, 2.75) is 34.1 Å². The Hall–Kier alpha value is -2.78. The number of thiazole rings is 1. The van der Waals surface area contributed by atoms with Gasteiger partial charge in [-0.25, -0.2) is 9.67 Å². The summed E-state index contributed by atoms with van der Waals surface area (Å²) in [5, 5.41) is 12.5. The maximum Gasteiger partial charge on any atom is 0.231 e. The molecule has 8 nitrogen and oxygen atoms in total. The SMILES string of the molecule is Cc1nccc(-n2ccc(NC(=O)Cc3csc(NC(=O)C(C)(C)C)n3)n2)c1Cl. The standard InChI is InChI=1S/C19H21ClN6O2S/c1-11-16(20)13(5-7-21-11)26-8-6-14(25-26)23-15(27)9-12-10-29-18(22-12)24-17(28)19(2,3)4/h5-8,10H,9H2,1-4H3,(H,22,24,28)(H,23,25,27). The van der Waals surface area contributed by atoms with Crippen molar-refractivity contribution in [3.05, 3.63) is 46.3 Å². The van der Waals surface area contributed by atoms with E-state index < -0.39 is 5.41 Å². The first-order chi connectivity index (χ1) is 13.6. The Balaban J connectivity index is 1.61.